The smallest absolute Gasteiger partial charge is 0.330 e. The normalized spacial score (nSPS) is 13.9. The number of anilines is 1. The number of benzene rings is 1. The van der Waals surface area contributed by atoms with Crippen molar-refractivity contribution in [1.29, 1.82) is 0 Å². The molecule has 0 atom stereocenters. The summed E-state index contributed by atoms with van der Waals surface area (Å²) in [6.45, 7) is 2.11. The molecular weight excluding hydrogens is 306 g/mol. The lowest BCUT2D eigenvalue weighted by Gasteiger charge is -2.03. The molecule has 1 aromatic carbocycles. The third kappa shape index (κ3) is 4.10. The summed E-state index contributed by atoms with van der Waals surface area (Å²) in [5, 5.41) is 9.78. The van der Waals surface area contributed by atoms with Crippen molar-refractivity contribution in [1.82, 2.24) is 10.2 Å². The Hall–Kier alpha value is -2.89. The molecule has 0 radical (unpaired) electrons. The van der Waals surface area contributed by atoms with Crippen LogP contribution < -0.4 is 5.32 Å². The summed E-state index contributed by atoms with van der Waals surface area (Å²) in [6, 6.07) is 8.98. The number of hydrogen-bond donors (Lipinski definition) is 2. The van der Waals surface area contributed by atoms with E-state index in [2.05, 4.69) is 15.5 Å². The second-order valence-corrected chi connectivity index (χ2v) is 5.64. The minimum absolute atomic E-state index is 0.243. The number of nitrogens with one attached hydrogen (secondary N) is 2. The topological polar surface area (TPSA) is 84.1 Å². The Kier molecular flexibility index (Phi) is 4.74. The first kappa shape index (κ1) is 16.0. The third-order valence-electron chi connectivity index (χ3n) is 3.71. The third-order valence-corrected chi connectivity index (χ3v) is 3.71. The summed E-state index contributed by atoms with van der Waals surface area (Å²) >= 11 is 0. The summed E-state index contributed by atoms with van der Waals surface area (Å²) in [4.78, 5) is 23.4. The number of amides is 1. The van der Waals surface area contributed by atoms with Crippen LogP contribution in [-0.4, -0.2) is 28.7 Å². The highest BCUT2D eigenvalue weighted by molar-refractivity contribution is 6.03. The lowest BCUT2D eigenvalue weighted by molar-refractivity contribution is -0.137. The molecule has 1 fully saturated rings. The average Bonchev–Trinajstić information content (AvgIpc) is 3.31. The molecular formula is C18H19N3O3. The predicted molar refractivity (Wildman–Crippen MR) is 90.6 cm³/mol. The van der Waals surface area contributed by atoms with E-state index in [1.54, 1.807) is 25.1 Å². The van der Waals surface area contributed by atoms with E-state index in [1.807, 2.05) is 18.2 Å². The Labute approximate surface area is 139 Å². The Morgan fingerprint density at radius 3 is 2.75 bits per heavy atom. The van der Waals surface area contributed by atoms with E-state index in [-0.39, 0.29) is 11.9 Å². The zero-order valence-corrected chi connectivity index (χ0v) is 13.4. The molecule has 3 rings (SSSR count). The molecule has 1 aliphatic rings. The van der Waals surface area contributed by atoms with Crippen LogP contribution in [0.2, 0.25) is 0 Å². The first-order valence-electron chi connectivity index (χ1n) is 7.97. The molecule has 1 aliphatic carbocycles. The molecule has 2 aromatic rings. The van der Waals surface area contributed by atoms with Crippen LogP contribution in [0.15, 0.2) is 36.4 Å². The number of carbonyl (C=O) groups is 2. The van der Waals surface area contributed by atoms with Crippen LogP contribution in [0.5, 0.6) is 0 Å². The second kappa shape index (κ2) is 7.12. The minimum atomic E-state index is -0.375. The van der Waals surface area contributed by atoms with Crippen LogP contribution in [0.1, 0.15) is 47.4 Å². The maximum Gasteiger partial charge on any atom is 0.330 e. The molecule has 1 amide bonds. The van der Waals surface area contributed by atoms with Gasteiger partial charge >= 0.3 is 5.97 Å². The van der Waals surface area contributed by atoms with Gasteiger partial charge in [0.15, 0.2) is 5.69 Å². The second-order valence-electron chi connectivity index (χ2n) is 5.64. The SMILES string of the molecule is CCOC(=O)/C=C/c1ccc(NC(=O)c2cc(C3CC3)[nH]n2)cc1. The standard InChI is InChI=1S/C18H19N3O3/c1-2-24-17(22)10-5-12-3-8-14(9-4-12)19-18(23)16-11-15(20-21-16)13-6-7-13/h3-5,8-11,13H,2,6-7H2,1H3,(H,19,23)(H,20,21)/b10-5+. The van der Waals surface area contributed by atoms with Crippen LogP contribution in [-0.2, 0) is 9.53 Å². The zero-order chi connectivity index (χ0) is 16.9. The lowest BCUT2D eigenvalue weighted by Crippen LogP contribution is -2.12. The van der Waals surface area contributed by atoms with Crippen molar-refractivity contribution < 1.29 is 14.3 Å². The van der Waals surface area contributed by atoms with Crippen molar-refractivity contribution in [3.63, 3.8) is 0 Å². The Balaban J connectivity index is 1.58. The first-order chi connectivity index (χ1) is 11.7. The number of rotatable bonds is 6. The van der Waals surface area contributed by atoms with Crippen molar-refractivity contribution in [2.75, 3.05) is 11.9 Å². The summed E-state index contributed by atoms with van der Waals surface area (Å²) in [5.74, 6) is -0.0858. The lowest BCUT2D eigenvalue weighted by atomic mass is 10.2. The van der Waals surface area contributed by atoms with Gasteiger partial charge in [0, 0.05) is 23.4 Å². The van der Waals surface area contributed by atoms with Crippen LogP contribution in [0.3, 0.4) is 0 Å². The van der Waals surface area contributed by atoms with Crippen molar-refractivity contribution in [3.05, 3.63) is 53.4 Å². The monoisotopic (exact) mass is 325 g/mol. The summed E-state index contributed by atoms with van der Waals surface area (Å²) in [7, 11) is 0. The summed E-state index contributed by atoms with van der Waals surface area (Å²) in [5.41, 5.74) is 2.93. The number of H-pyrrole nitrogens is 1. The number of hydrogen-bond acceptors (Lipinski definition) is 4. The Morgan fingerprint density at radius 2 is 2.08 bits per heavy atom. The van der Waals surface area contributed by atoms with Crippen molar-refractivity contribution in [3.8, 4) is 0 Å². The maximum absolute atomic E-state index is 12.2. The summed E-state index contributed by atoms with van der Waals surface area (Å²) < 4.78 is 4.82. The van der Waals surface area contributed by atoms with Gasteiger partial charge < -0.3 is 10.1 Å². The number of aromatic amines is 1. The molecule has 24 heavy (non-hydrogen) atoms. The van der Waals surface area contributed by atoms with Crippen LogP contribution >= 0.6 is 0 Å². The van der Waals surface area contributed by atoms with E-state index < -0.39 is 0 Å². The van der Waals surface area contributed by atoms with E-state index in [0.29, 0.717) is 23.9 Å². The molecule has 2 N–H and O–H groups in total. The number of aromatic nitrogens is 2. The fourth-order valence-electron chi connectivity index (χ4n) is 2.28. The molecule has 0 spiro atoms. The molecule has 6 nitrogen and oxygen atoms in total. The summed E-state index contributed by atoms with van der Waals surface area (Å²) in [6.07, 6.45) is 5.35. The van der Waals surface area contributed by atoms with Crippen molar-refractivity contribution >= 4 is 23.6 Å². The Morgan fingerprint density at radius 1 is 1.33 bits per heavy atom. The maximum atomic E-state index is 12.2. The van der Waals surface area contributed by atoms with E-state index in [4.69, 9.17) is 4.74 Å². The van der Waals surface area contributed by atoms with Gasteiger partial charge in [-0.15, -0.1) is 0 Å². The molecule has 1 heterocycles. The average molecular weight is 325 g/mol. The molecule has 124 valence electrons. The van der Waals surface area contributed by atoms with Gasteiger partial charge in [0.2, 0.25) is 0 Å². The molecule has 0 unspecified atom stereocenters. The highest BCUT2D eigenvalue weighted by Gasteiger charge is 2.26. The number of carbonyl (C=O) groups excluding carboxylic acids is 2. The predicted octanol–water partition coefficient (Wildman–Crippen LogP) is 3.12. The van der Waals surface area contributed by atoms with Gasteiger partial charge in [-0.3, -0.25) is 9.89 Å². The van der Waals surface area contributed by atoms with Gasteiger partial charge in [-0.05, 0) is 49.6 Å². The van der Waals surface area contributed by atoms with Crippen LogP contribution in [0.25, 0.3) is 6.08 Å². The van der Waals surface area contributed by atoms with Gasteiger partial charge in [-0.25, -0.2) is 4.79 Å². The van der Waals surface area contributed by atoms with Crippen molar-refractivity contribution in [2.45, 2.75) is 25.7 Å². The quantitative estimate of drug-likeness (QED) is 0.631. The van der Waals surface area contributed by atoms with Gasteiger partial charge in [-0.1, -0.05) is 12.1 Å². The van der Waals surface area contributed by atoms with E-state index in [0.717, 1.165) is 24.1 Å². The van der Waals surface area contributed by atoms with Gasteiger partial charge in [0.25, 0.3) is 5.91 Å². The fourth-order valence-corrected chi connectivity index (χ4v) is 2.28. The van der Waals surface area contributed by atoms with E-state index in [9.17, 15) is 9.59 Å². The molecule has 6 heteroatoms. The number of esters is 1. The van der Waals surface area contributed by atoms with Gasteiger partial charge in [-0.2, -0.15) is 5.10 Å². The molecule has 1 aromatic heterocycles. The minimum Gasteiger partial charge on any atom is -0.463 e. The van der Waals surface area contributed by atoms with Crippen LogP contribution in [0.4, 0.5) is 5.69 Å². The zero-order valence-electron chi connectivity index (χ0n) is 13.4. The first-order valence-corrected chi connectivity index (χ1v) is 7.97. The largest absolute Gasteiger partial charge is 0.463 e. The number of ether oxygens (including phenoxy) is 1. The van der Waals surface area contributed by atoms with Gasteiger partial charge in [0.05, 0.1) is 6.61 Å². The van der Waals surface area contributed by atoms with E-state index in [1.165, 1.54) is 6.08 Å². The highest BCUT2D eigenvalue weighted by Crippen LogP contribution is 2.39. The number of nitrogens with zero attached hydrogens (tertiary/aromatic N) is 1. The Bertz CT molecular complexity index is 758. The van der Waals surface area contributed by atoms with Crippen LogP contribution in [0, 0.1) is 0 Å². The van der Waals surface area contributed by atoms with Gasteiger partial charge in [0.1, 0.15) is 0 Å². The van der Waals surface area contributed by atoms with Crippen molar-refractivity contribution in [2.24, 2.45) is 0 Å². The molecule has 0 saturated heterocycles. The highest BCUT2D eigenvalue weighted by atomic mass is 16.5. The van der Waals surface area contributed by atoms with E-state index >= 15 is 0 Å². The molecule has 0 aliphatic heterocycles. The molecule has 1 saturated carbocycles. The molecule has 0 bridgehead atoms. The fraction of sp³-hybridized carbons (Fsp3) is 0.278.